The molecule has 0 aromatic carbocycles. The van der Waals surface area contributed by atoms with Gasteiger partial charge in [-0.2, -0.15) is 5.10 Å². The molecule has 1 aromatic heterocycles. The zero-order valence-corrected chi connectivity index (χ0v) is 13.5. The zero-order valence-electron chi connectivity index (χ0n) is 13.5. The minimum Gasteiger partial charge on any atom is -0.315 e. The second-order valence-electron chi connectivity index (χ2n) is 6.03. The van der Waals surface area contributed by atoms with Crippen LogP contribution in [0.5, 0.6) is 0 Å². The van der Waals surface area contributed by atoms with E-state index >= 15 is 0 Å². The molecule has 1 N–H and O–H groups in total. The van der Waals surface area contributed by atoms with E-state index < -0.39 is 0 Å². The van der Waals surface area contributed by atoms with E-state index in [2.05, 4.69) is 42.3 Å². The molecule has 1 saturated heterocycles. The van der Waals surface area contributed by atoms with Crippen LogP contribution < -0.4 is 5.32 Å². The SMILES string of the molecule is CCC(CC)(C(Cc1ccn(C)n1)NC)N1CCCC1. The van der Waals surface area contributed by atoms with Gasteiger partial charge < -0.3 is 5.32 Å². The lowest BCUT2D eigenvalue weighted by molar-refractivity contribution is 0.0646. The number of rotatable bonds is 7. The Kier molecular flexibility index (Phi) is 5.22. The molecule has 2 heterocycles. The molecular formula is C16H30N4. The molecule has 0 radical (unpaired) electrons. The molecule has 0 amide bonds. The number of likely N-dealkylation sites (N-methyl/N-ethyl adjacent to an activating group) is 1. The van der Waals surface area contributed by atoms with Crippen LogP contribution in [0.15, 0.2) is 12.3 Å². The topological polar surface area (TPSA) is 33.1 Å². The monoisotopic (exact) mass is 278 g/mol. The van der Waals surface area contributed by atoms with Crippen LogP contribution in [0.3, 0.4) is 0 Å². The van der Waals surface area contributed by atoms with E-state index in [-0.39, 0.29) is 5.54 Å². The Morgan fingerprint density at radius 3 is 2.40 bits per heavy atom. The second-order valence-corrected chi connectivity index (χ2v) is 6.03. The fourth-order valence-electron chi connectivity index (χ4n) is 3.91. The van der Waals surface area contributed by atoms with Gasteiger partial charge in [0, 0.05) is 31.2 Å². The zero-order chi connectivity index (χ0) is 14.6. The fraction of sp³-hybridized carbons (Fsp3) is 0.812. The number of likely N-dealkylation sites (tertiary alicyclic amines) is 1. The molecule has 4 nitrogen and oxygen atoms in total. The summed E-state index contributed by atoms with van der Waals surface area (Å²) in [5.41, 5.74) is 1.46. The lowest BCUT2D eigenvalue weighted by Gasteiger charge is -2.46. The third-order valence-corrected chi connectivity index (χ3v) is 5.14. The van der Waals surface area contributed by atoms with Crippen molar-refractivity contribution in [3.05, 3.63) is 18.0 Å². The molecular weight excluding hydrogens is 248 g/mol. The average Bonchev–Trinajstić information content (AvgIpc) is 3.11. The van der Waals surface area contributed by atoms with Crippen LogP contribution in [0.2, 0.25) is 0 Å². The van der Waals surface area contributed by atoms with Gasteiger partial charge in [-0.15, -0.1) is 0 Å². The summed E-state index contributed by atoms with van der Waals surface area (Å²) in [7, 11) is 4.09. The Hall–Kier alpha value is -0.870. The summed E-state index contributed by atoms with van der Waals surface area (Å²) in [4.78, 5) is 2.72. The third-order valence-electron chi connectivity index (χ3n) is 5.14. The highest BCUT2D eigenvalue weighted by Gasteiger charge is 2.41. The molecule has 0 bridgehead atoms. The highest BCUT2D eigenvalue weighted by Crippen LogP contribution is 2.32. The first-order valence-electron chi connectivity index (χ1n) is 8.07. The van der Waals surface area contributed by atoms with E-state index in [0.717, 1.165) is 6.42 Å². The molecule has 1 unspecified atom stereocenters. The molecule has 20 heavy (non-hydrogen) atoms. The summed E-state index contributed by atoms with van der Waals surface area (Å²) in [6.07, 6.45) is 8.14. The average molecular weight is 278 g/mol. The maximum atomic E-state index is 4.57. The van der Waals surface area contributed by atoms with E-state index in [4.69, 9.17) is 0 Å². The maximum Gasteiger partial charge on any atom is 0.0640 e. The van der Waals surface area contributed by atoms with Crippen LogP contribution in [0.25, 0.3) is 0 Å². The number of hydrogen-bond acceptors (Lipinski definition) is 3. The van der Waals surface area contributed by atoms with Crippen molar-refractivity contribution in [3.63, 3.8) is 0 Å². The first kappa shape index (κ1) is 15.5. The van der Waals surface area contributed by atoms with Gasteiger partial charge in [-0.25, -0.2) is 0 Å². The summed E-state index contributed by atoms with van der Waals surface area (Å²) in [6.45, 7) is 7.18. The Bertz CT molecular complexity index is 402. The number of nitrogens with zero attached hydrogens (tertiary/aromatic N) is 3. The highest BCUT2D eigenvalue weighted by atomic mass is 15.3. The lowest BCUT2D eigenvalue weighted by Crippen LogP contribution is -2.60. The van der Waals surface area contributed by atoms with Gasteiger partial charge in [0.1, 0.15) is 0 Å². The molecule has 2 rings (SSSR count). The molecule has 1 fully saturated rings. The summed E-state index contributed by atoms with van der Waals surface area (Å²) >= 11 is 0. The summed E-state index contributed by atoms with van der Waals surface area (Å²) in [5.74, 6) is 0. The van der Waals surface area contributed by atoms with Crippen LogP contribution in [0, 0.1) is 0 Å². The molecule has 1 aliphatic rings. The Morgan fingerprint density at radius 2 is 1.95 bits per heavy atom. The van der Waals surface area contributed by atoms with Crippen LogP contribution in [0.1, 0.15) is 45.2 Å². The number of aromatic nitrogens is 2. The Labute approximate surface area is 123 Å². The predicted octanol–water partition coefficient (Wildman–Crippen LogP) is 2.21. The molecule has 0 saturated carbocycles. The molecule has 1 aromatic rings. The minimum absolute atomic E-state index is 0.267. The molecule has 114 valence electrons. The summed E-state index contributed by atoms with van der Waals surface area (Å²) in [6, 6.07) is 2.61. The van der Waals surface area contributed by atoms with Crippen molar-refractivity contribution >= 4 is 0 Å². The van der Waals surface area contributed by atoms with Crippen LogP contribution >= 0.6 is 0 Å². The molecule has 0 spiro atoms. The molecule has 1 aliphatic heterocycles. The van der Waals surface area contributed by atoms with E-state index in [0.29, 0.717) is 6.04 Å². The van der Waals surface area contributed by atoms with Crippen molar-refractivity contribution in [2.45, 2.75) is 57.5 Å². The van der Waals surface area contributed by atoms with Gasteiger partial charge >= 0.3 is 0 Å². The Balaban J connectivity index is 2.19. The number of aryl methyl sites for hydroxylation is 1. The largest absolute Gasteiger partial charge is 0.315 e. The van der Waals surface area contributed by atoms with Gasteiger partial charge in [-0.3, -0.25) is 9.58 Å². The van der Waals surface area contributed by atoms with E-state index in [1.54, 1.807) is 0 Å². The Morgan fingerprint density at radius 1 is 1.30 bits per heavy atom. The minimum atomic E-state index is 0.267. The van der Waals surface area contributed by atoms with Crippen molar-refractivity contribution in [2.24, 2.45) is 7.05 Å². The molecule has 4 heteroatoms. The van der Waals surface area contributed by atoms with Crippen LogP contribution in [-0.2, 0) is 13.5 Å². The summed E-state index contributed by atoms with van der Waals surface area (Å²) < 4.78 is 1.90. The van der Waals surface area contributed by atoms with Crippen molar-refractivity contribution in [1.29, 1.82) is 0 Å². The first-order chi connectivity index (χ1) is 9.66. The van der Waals surface area contributed by atoms with Crippen molar-refractivity contribution < 1.29 is 0 Å². The van der Waals surface area contributed by atoms with Gasteiger partial charge in [0.2, 0.25) is 0 Å². The smallest absolute Gasteiger partial charge is 0.0640 e. The quantitative estimate of drug-likeness (QED) is 0.830. The second kappa shape index (κ2) is 6.72. The number of hydrogen-bond donors (Lipinski definition) is 1. The normalized spacial score (nSPS) is 18.6. The van der Waals surface area contributed by atoms with Crippen molar-refractivity contribution in [1.82, 2.24) is 20.0 Å². The van der Waals surface area contributed by atoms with Gasteiger partial charge in [-0.05, 0) is 51.9 Å². The number of nitrogens with one attached hydrogen (secondary N) is 1. The highest BCUT2D eigenvalue weighted by molar-refractivity contribution is 5.08. The van der Waals surface area contributed by atoms with E-state index in [9.17, 15) is 0 Å². The third kappa shape index (κ3) is 2.91. The van der Waals surface area contributed by atoms with E-state index in [1.165, 1.54) is 44.5 Å². The van der Waals surface area contributed by atoms with Crippen LogP contribution in [-0.4, -0.2) is 46.4 Å². The molecule has 1 atom stereocenters. The van der Waals surface area contributed by atoms with Gasteiger partial charge in [0.05, 0.1) is 5.69 Å². The lowest BCUT2D eigenvalue weighted by atomic mass is 9.80. The van der Waals surface area contributed by atoms with Gasteiger partial charge in [-0.1, -0.05) is 13.8 Å². The van der Waals surface area contributed by atoms with Gasteiger partial charge in [0.25, 0.3) is 0 Å². The summed E-state index contributed by atoms with van der Waals surface area (Å²) in [5, 5.41) is 8.15. The standard InChI is InChI=1S/C16H30N4/c1-5-16(6-2,20-10-7-8-11-20)15(17-3)13-14-9-12-19(4)18-14/h9,12,15,17H,5-8,10-11,13H2,1-4H3. The van der Waals surface area contributed by atoms with E-state index in [1.807, 2.05) is 17.9 Å². The van der Waals surface area contributed by atoms with Gasteiger partial charge in [0.15, 0.2) is 0 Å². The van der Waals surface area contributed by atoms with Crippen molar-refractivity contribution in [3.8, 4) is 0 Å². The first-order valence-corrected chi connectivity index (χ1v) is 8.07. The fourth-order valence-corrected chi connectivity index (χ4v) is 3.91. The van der Waals surface area contributed by atoms with Crippen molar-refractivity contribution in [2.75, 3.05) is 20.1 Å². The van der Waals surface area contributed by atoms with Crippen LogP contribution in [0.4, 0.5) is 0 Å². The molecule has 0 aliphatic carbocycles. The maximum absolute atomic E-state index is 4.57. The predicted molar refractivity (Wildman–Crippen MR) is 83.9 cm³/mol.